The van der Waals surface area contributed by atoms with Gasteiger partial charge in [0.05, 0.1) is 28.2 Å². The molecule has 1 aliphatic heterocycles. The zero-order valence-corrected chi connectivity index (χ0v) is 34.3. The number of imidazole rings is 1. The van der Waals surface area contributed by atoms with Crippen molar-refractivity contribution in [2.45, 2.75) is 114 Å². The largest absolute Gasteiger partial charge is 0.433 e. The van der Waals surface area contributed by atoms with Gasteiger partial charge >= 0.3 is 11.9 Å². The number of hydrogen-bond donors (Lipinski definition) is 3. The average molecular weight is 829 g/mol. The molecule has 4 heterocycles. The predicted octanol–water partition coefficient (Wildman–Crippen LogP) is 6.95. The Kier molecular flexibility index (Phi) is 11.0. The van der Waals surface area contributed by atoms with Gasteiger partial charge in [0, 0.05) is 48.9 Å². The lowest BCUT2D eigenvalue weighted by Crippen LogP contribution is -2.44. The number of aryl methyl sites for hydroxylation is 1. The van der Waals surface area contributed by atoms with Gasteiger partial charge in [-0.25, -0.2) is 9.78 Å². The molecule has 8 rings (SSSR count). The van der Waals surface area contributed by atoms with E-state index < -0.39 is 35.3 Å². The molecule has 1 atom stereocenters. The number of rotatable bonds is 9. The summed E-state index contributed by atoms with van der Waals surface area (Å²) in [6, 6.07) is 12.5. The molecule has 1 unspecified atom stereocenters. The number of imide groups is 1. The molecule has 3 fully saturated rings. The minimum atomic E-state index is -4.70. The lowest BCUT2D eigenvalue weighted by Gasteiger charge is -2.38. The molecule has 318 valence electrons. The van der Waals surface area contributed by atoms with Crippen LogP contribution in [0.15, 0.2) is 59.5 Å². The van der Waals surface area contributed by atoms with E-state index in [2.05, 4.69) is 33.6 Å². The first kappa shape index (κ1) is 41.4. The highest BCUT2D eigenvalue weighted by atomic mass is 19.4. The van der Waals surface area contributed by atoms with E-state index in [4.69, 9.17) is 5.10 Å². The third kappa shape index (κ3) is 8.10. The quantitative estimate of drug-likeness (QED) is 0.135. The zero-order chi connectivity index (χ0) is 42.7. The fraction of sp³-hybridized carbons (Fsp3) is 0.500. The van der Waals surface area contributed by atoms with Gasteiger partial charge in [-0.3, -0.25) is 33.5 Å². The van der Waals surface area contributed by atoms with Gasteiger partial charge in [0.2, 0.25) is 11.8 Å². The summed E-state index contributed by atoms with van der Waals surface area (Å²) in [4.78, 5) is 57.1. The molecule has 13 nitrogen and oxygen atoms in total. The van der Waals surface area contributed by atoms with Crippen LogP contribution in [0.4, 0.5) is 18.9 Å². The maximum Gasteiger partial charge on any atom is 0.433 e. The van der Waals surface area contributed by atoms with Crippen molar-refractivity contribution in [3.05, 3.63) is 87.7 Å². The van der Waals surface area contributed by atoms with Crippen molar-refractivity contribution in [3.63, 3.8) is 0 Å². The molecule has 3 aliphatic rings. The van der Waals surface area contributed by atoms with E-state index in [0.29, 0.717) is 35.4 Å². The van der Waals surface area contributed by atoms with Crippen molar-refractivity contribution in [2.24, 2.45) is 13.0 Å². The second-order valence-electron chi connectivity index (χ2n) is 17.5. The predicted molar refractivity (Wildman–Crippen MR) is 219 cm³/mol. The van der Waals surface area contributed by atoms with Crippen molar-refractivity contribution in [2.75, 3.05) is 18.9 Å². The molecule has 1 saturated heterocycles. The number of halogens is 3. The molecule has 3 N–H and O–H groups in total. The topological polar surface area (TPSA) is 156 Å². The van der Waals surface area contributed by atoms with Crippen LogP contribution >= 0.6 is 0 Å². The molecule has 0 radical (unpaired) electrons. The molecule has 60 heavy (non-hydrogen) atoms. The fourth-order valence-corrected chi connectivity index (χ4v) is 9.80. The van der Waals surface area contributed by atoms with Crippen LogP contribution in [0.25, 0.3) is 21.9 Å². The van der Waals surface area contributed by atoms with E-state index in [-0.39, 0.29) is 35.4 Å². The van der Waals surface area contributed by atoms with Crippen LogP contribution in [0.3, 0.4) is 0 Å². The summed E-state index contributed by atoms with van der Waals surface area (Å²) in [5.74, 6) is -0.729. The smallest absolute Gasteiger partial charge is 0.386 e. The third-order valence-electron chi connectivity index (χ3n) is 13.0. The maximum absolute atomic E-state index is 13.5. The number of pyridine rings is 1. The summed E-state index contributed by atoms with van der Waals surface area (Å²) < 4.78 is 45.0. The first-order chi connectivity index (χ1) is 28.5. The van der Waals surface area contributed by atoms with Crippen LogP contribution in [0.2, 0.25) is 0 Å². The highest BCUT2D eigenvalue weighted by Crippen LogP contribution is 2.40. The van der Waals surface area contributed by atoms with Gasteiger partial charge in [-0.15, -0.1) is 0 Å². The molecule has 16 heteroatoms. The molecule has 2 saturated carbocycles. The summed E-state index contributed by atoms with van der Waals surface area (Å²) in [6.07, 6.45) is 5.79. The van der Waals surface area contributed by atoms with Crippen LogP contribution in [-0.2, 0) is 28.4 Å². The molecular formula is C44H51F3N8O5. The number of para-hydroxylation sites is 1. The van der Waals surface area contributed by atoms with Gasteiger partial charge in [0.1, 0.15) is 17.4 Å². The number of nitrogens with zero attached hydrogens (tertiary/aromatic N) is 6. The van der Waals surface area contributed by atoms with E-state index in [0.717, 1.165) is 92.0 Å². The minimum Gasteiger partial charge on any atom is -0.386 e. The lowest BCUT2D eigenvalue weighted by atomic mass is 9.80. The number of nitrogens with one attached hydrogen (secondary N) is 2. The highest BCUT2D eigenvalue weighted by molar-refractivity contribution is 6.04. The Balaban J connectivity index is 0.885. The second-order valence-corrected chi connectivity index (χ2v) is 17.5. The van der Waals surface area contributed by atoms with E-state index in [9.17, 15) is 37.5 Å². The van der Waals surface area contributed by atoms with Gasteiger partial charge in [-0.05, 0) is 126 Å². The number of amides is 3. The number of aliphatic hydroxyl groups is 1. The van der Waals surface area contributed by atoms with Crippen LogP contribution < -0.4 is 16.3 Å². The summed E-state index contributed by atoms with van der Waals surface area (Å²) in [5.41, 5.74) is 0.840. The molecule has 3 amide bonds. The molecule has 2 aliphatic carbocycles. The Labute approximate surface area is 344 Å². The number of hydrogen-bond acceptors (Lipinski definition) is 8. The van der Waals surface area contributed by atoms with Crippen molar-refractivity contribution in [3.8, 4) is 0 Å². The van der Waals surface area contributed by atoms with Crippen LogP contribution in [0.1, 0.15) is 123 Å². The van der Waals surface area contributed by atoms with Crippen molar-refractivity contribution in [1.29, 1.82) is 0 Å². The van der Waals surface area contributed by atoms with E-state index in [1.54, 1.807) is 42.2 Å². The zero-order valence-electron chi connectivity index (χ0n) is 34.3. The van der Waals surface area contributed by atoms with Gasteiger partial charge in [-0.2, -0.15) is 18.3 Å². The number of carbonyl (C=O) groups is 3. The Morgan fingerprint density at radius 1 is 0.967 bits per heavy atom. The Morgan fingerprint density at radius 3 is 2.37 bits per heavy atom. The summed E-state index contributed by atoms with van der Waals surface area (Å²) in [6.45, 7) is 4.15. The van der Waals surface area contributed by atoms with E-state index in [1.807, 2.05) is 23.0 Å². The SMILES string of the molecule is Cn1c(=O)n(C2CCC(=O)NC2=O)c2cccc([C@H]3CC[C@H](N(C)C[C@H]4CC[C@H](n5cc6cc(NC(=O)c7cccc(C(F)(F)F)n7)c(C(C)(C)O)cc6n5)CC4)CC3)c21. The van der Waals surface area contributed by atoms with Gasteiger partial charge in [0.15, 0.2) is 0 Å². The lowest BCUT2D eigenvalue weighted by molar-refractivity contribution is -0.141. The fourth-order valence-electron chi connectivity index (χ4n) is 9.80. The Hall–Kier alpha value is -5.35. The van der Waals surface area contributed by atoms with Gasteiger partial charge in [0.25, 0.3) is 5.91 Å². The first-order valence-electron chi connectivity index (χ1n) is 20.8. The Bertz CT molecular complexity index is 2520. The number of aromatic nitrogens is 5. The molecule has 0 bridgehead atoms. The Morgan fingerprint density at radius 2 is 1.68 bits per heavy atom. The molecule has 3 aromatic heterocycles. The molecule has 0 spiro atoms. The number of anilines is 1. The highest BCUT2D eigenvalue weighted by Gasteiger charge is 2.35. The number of fused-ring (bicyclic) bond motifs is 2. The molecular weight excluding hydrogens is 778 g/mol. The number of carbonyl (C=O) groups excluding carboxylic acids is 3. The van der Waals surface area contributed by atoms with E-state index in [1.165, 1.54) is 6.07 Å². The van der Waals surface area contributed by atoms with Crippen molar-refractivity contribution < 1.29 is 32.7 Å². The standard InChI is InChI=1S/C44H51F3N8O5/c1-43(2,60)31-22-33-27(21-34(31)49-40(57)32-8-6-10-37(48-32)44(45,46)47)24-54(51-33)29-15-11-25(12-16-29)23-52(3)28-17-13-26(14-18-28)30-7-5-9-35-39(30)53(4)42(59)55(35)36-19-20-38(56)50-41(36)58/h5-10,21-22,24-26,28-29,36,60H,11-20,23H2,1-4H3,(H,49,57)(H,50,56,58)/t25-,26-,28-,29-,36?. The third-order valence-corrected chi connectivity index (χ3v) is 13.0. The molecule has 2 aromatic carbocycles. The summed E-state index contributed by atoms with van der Waals surface area (Å²) in [5, 5.41) is 21.7. The number of piperidine rings is 1. The molecule has 5 aromatic rings. The van der Waals surface area contributed by atoms with Crippen LogP contribution in [-0.4, -0.2) is 71.3 Å². The summed E-state index contributed by atoms with van der Waals surface area (Å²) in [7, 11) is 3.99. The van der Waals surface area contributed by atoms with E-state index >= 15 is 0 Å². The van der Waals surface area contributed by atoms with Crippen LogP contribution in [0.5, 0.6) is 0 Å². The monoisotopic (exact) mass is 828 g/mol. The van der Waals surface area contributed by atoms with Gasteiger partial charge in [-0.1, -0.05) is 18.2 Å². The van der Waals surface area contributed by atoms with Crippen molar-refractivity contribution >= 4 is 45.3 Å². The van der Waals surface area contributed by atoms with Crippen molar-refractivity contribution in [1.82, 2.24) is 34.1 Å². The minimum absolute atomic E-state index is 0.177. The average Bonchev–Trinajstić information content (AvgIpc) is 3.74. The van der Waals surface area contributed by atoms with Crippen LogP contribution in [0, 0.1) is 5.92 Å². The number of alkyl halides is 3. The summed E-state index contributed by atoms with van der Waals surface area (Å²) >= 11 is 0. The van der Waals surface area contributed by atoms with Gasteiger partial charge < -0.3 is 15.3 Å². The number of benzene rings is 2. The normalized spacial score (nSPS) is 23.1. The maximum atomic E-state index is 13.5. The first-order valence-corrected chi connectivity index (χ1v) is 20.8. The second kappa shape index (κ2) is 15.9.